The lowest BCUT2D eigenvalue weighted by atomic mass is 10.1. The summed E-state index contributed by atoms with van der Waals surface area (Å²) in [7, 11) is 0. The van der Waals surface area contributed by atoms with Crippen LogP contribution in [0.25, 0.3) is 0 Å². The molecule has 0 aromatic heterocycles. The number of halogens is 3. The summed E-state index contributed by atoms with van der Waals surface area (Å²) in [6.07, 6.45) is 0. The molecule has 4 heteroatoms. The van der Waals surface area contributed by atoms with Gasteiger partial charge in [-0.3, -0.25) is 0 Å². The van der Waals surface area contributed by atoms with Gasteiger partial charge in [-0.2, -0.15) is 0 Å². The zero-order valence-electron chi connectivity index (χ0n) is 9.81. The molecule has 0 heterocycles. The van der Waals surface area contributed by atoms with Crippen molar-refractivity contribution < 1.29 is 4.39 Å². The number of aryl methyl sites for hydroxylation is 1. The normalized spacial score (nSPS) is 10.4. The second-order valence-electron chi connectivity index (χ2n) is 4.04. The van der Waals surface area contributed by atoms with Crippen molar-refractivity contribution in [2.75, 3.05) is 5.32 Å². The van der Waals surface area contributed by atoms with Gasteiger partial charge in [-0.25, -0.2) is 4.39 Å². The molecule has 0 saturated heterocycles. The van der Waals surface area contributed by atoms with Crippen molar-refractivity contribution in [1.82, 2.24) is 0 Å². The van der Waals surface area contributed by atoms with Gasteiger partial charge in [-0.1, -0.05) is 34.1 Å². The molecule has 0 aliphatic rings. The van der Waals surface area contributed by atoms with E-state index in [-0.39, 0.29) is 5.82 Å². The van der Waals surface area contributed by atoms with Crippen molar-refractivity contribution in [2.45, 2.75) is 13.5 Å². The first-order valence-corrected chi connectivity index (χ1v) is 7.38. The number of nitrogens with one attached hydrogen (secondary N) is 1. The van der Waals surface area contributed by atoms with Crippen LogP contribution in [0.15, 0.2) is 40.9 Å². The Morgan fingerprint density at radius 3 is 2.78 bits per heavy atom. The molecule has 0 atom stereocenters. The molecule has 1 N–H and O–H groups in total. The molecule has 0 unspecified atom stereocenters. The first-order valence-electron chi connectivity index (χ1n) is 5.51. The molecule has 2 rings (SSSR count). The minimum absolute atomic E-state index is 0.187. The maximum Gasteiger partial charge on any atom is 0.138 e. The van der Waals surface area contributed by atoms with Crippen LogP contribution in [0.2, 0.25) is 0 Å². The number of benzene rings is 2. The van der Waals surface area contributed by atoms with Gasteiger partial charge in [-0.05, 0) is 58.8 Å². The number of hydrogen-bond acceptors (Lipinski definition) is 1. The predicted octanol–water partition coefficient (Wildman–Crippen LogP) is 5.11. The highest BCUT2D eigenvalue weighted by Gasteiger charge is 2.04. The van der Waals surface area contributed by atoms with Crippen molar-refractivity contribution in [3.05, 3.63) is 61.4 Å². The van der Waals surface area contributed by atoms with Gasteiger partial charge >= 0.3 is 0 Å². The van der Waals surface area contributed by atoms with Gasteiger partial charge in [0.15, 0.2) is 0 Å². The third kappa shape index (κ3) is 3.23. The van der Waals surface area contributed by atoms with Gasteiger partial charge in [-0.15, -0.1) is 0 Å². The third-order valence-corrected chi connectivity index (χ3v) is 4.64. The molecule has 2 aromatic carbocycles. The van der Waals surface area contributed by atoms with E-state index >= 15 is 0 Å². The summed E-state index contributed by atoms with van der Waals surface area (Å²) in [6, 6.07) is 11.3. The van der Waals surface area contributed by atoms with E-state index < -0.39 is 0 Å². The topological polar surface area (TPSA) is 12.0 Å². The van der Waals surface area contributed by atoms with E-state index in [1.54, 1.807) is 6.07 Å². The van der Waals surface area contributed by atoms with Crippen molar-refractivity contribution in [3.63, 3.8) is 0 Å². The summed E-state index contributed by atoms with van der Waals surface area (Å²) in [6.45, 7) is 2.74. The molecule has 0 fully saturated rings. The number of hydrogen-bond donors (Lipinski definition) is 1. The average molecular weight is 420 g/mol. The van der Waals surface area contributed by atoms with Gasteiger partial charge in [0.05, 0.1) is 9.26 Å². The standard InChI is InChI=1S/C14H12BrFIN/c1-9-7-10(5-6-11(9)15)8-18-13-4-2-3-12(16)14(13)17/h2-7,18H,8H2,1H3. The molecule has 94 valence electrons. The lowest BCUT2D eigenvalue weighted by Gasteiger charge is -2.10. The monoisotopic (exact) mass is 419 g/mol. The smallest absolute Gasteiger partial charge is 0.138 e. The third-order valence-electron chi connectivity index (χ3n) is 2.66. The Bertz CT molecular complexity index is 572. The first kappa shape index (κ1) is 13.8. The molecule has 0 aliphatic heterocycles. The fourth-order valence-corrected chi connectivity index (χ4v) is 2.45. The maximum absolute atomic E-state index is 13.4. The van der Waals surface area contributed by atoms with Crippen LogP contribution < -0.4 is 5.32 Å². The molecule has 2 aromatic rings. The Hall–Kier alpha value is -0.620. The minimum Gasteiger partial charge on any atom is -0.380 e. The van der Waals surface area contributed by atoms with E-state index in [9.17, 15) is 4.39 Å². The van der Waals surface area contributed by atoms with E-state index in [4.69, 9.17) is 0 Å². The van der Waals surface area contributed by atoms with Crippen LogP contribution in [-0.2, 0) is 6.54 Å². The van der Waals surface area contributed by atoms with Gasteiger partial charge in [0.25, 0.3) is 0 Å². The molecule has 0 bridgehead atoms. The highest BCUT2D eigenvalue weighted by Crippen LogP contribution is 2.22. The highest BCUT2D eigenvalue weighted by molar-refractivity contribution is 14.1. The molecule has 0 spiro atoms. The van der Waals surface area contributed by atoms with Gasteiger partial charge < -0.3 is 5.32 Å². The molecular formula is C14H12BrFIN. The summed E-state index contributed by atoms with van der Waals surface area (Å²) >= 11 is 5.49. The quantitative estimate of drug-likeness (QED) is 0.681. The van der Waals surface area contributed by atoms with Gasteiger partial charge in [0, 0.05) is 11.0 Å². The van der Waals surface area contributed by atoms with Crippen LogP contribution in [0, 0.1) is 16.3 Å². The van der Waals surface area contributed by atoms with Crippen LogP contribution in [0.5, 0.6) is 0 Å². The second kappa shape index (κ2) is 6.02. The van der Waals surface area contributed by atoms with Gasteiger partial charge in [0.2, 0.25) is 0 Å². The summed E-state index contributed by atoms with van der Waals surface area (Å²) in [5.41, 5.74) is 3.20. The van der Waals surface area contributed by atoms with Crippen LogP contribution in [0.1, 0.15) is 11.1 Å². The fourth-order valence-electron chi connectivity index (χ4n) is 1.65. The maximum atomic E-state index is 13.4. The van der Waals surface area contributed by atoms with E-state index in [2.05, 4.69) is 40.3 Å². The average Bonchev–Trinajstić information content (AvgIpc) is 2.35. The Kier molecular flexibility index (Phi) is 4.61. The Labute approximate surface area is 128 Å². The van der Waals surface area contributed by atoms with Crippen LogP contribution in [0.4, 0.5) is 10.1 Å². The van der Waals surface area contributed by atoms with E-state index in [1.165, 1.54) is 17.2 Å². The summed E-state index contributed by atoms with van der Waals surface area (Å²) in [5, 5.41) is 3.25. The molecule has 0 aliphatic carbocycles. The second-order valence-corrected chi connectivity index (χ2v) is 5.97. The van der Waals surface area contributed by atoms with Crippen molar-refractivity contribution in [3.8, 4) is 0 Å². The van der Waals surface area contributed by atoms with E-state index in [0.29, 0.717) is 10.1 Å². The van der Waals surface area contributed by atoms with Crippen molar-refractivity contribution in [2.24, 2.45) is 0 Å². The van der Waals surface area contributed by atoms with E-state index in [0.717, 1.165) is 10.2 Å². The molecule has 0 radical (unpaired) electrons. The largest absolute Gasteiger partial charge is 0.380 e. The number of anilines is 1. The highest BCUT2D eigenvalue weighted by atomic mass is 127. The molecule has 0 saturated carbocycles. The van der Waals surface area contributed by atoms with Crippen molar-refractivity contribution >= 4 is 44.2 Å². The van der Waals surface area contributed by atoms with Crippen LogP contribution in [-0.4, -0.2) is 0 Å². The lowest BCUT2D eigenvalue weighted by Crippen LogP contribution is -2.02. The Morgan fingerprint density at radius 2 is 2.06 bits per heavy atom. The first-order chi connectivity index (χ1) is 8.58. The summed E-state index contributed by atoms with van der Waals surface area (Å²) in [4.78, 5) is 0. The SMILES string of the molecule is Cc1cc(CNc2cccc(F)c2I)ccc1Br. The Balaban J connectivity index is 2.11. The molecular weight excluding hydrogens is 408 g/mol. The summed E-state index contributed by atoms with van der Waals surface area (Å²) in [5.74, 6) is -0.187. The Morgan fingerprint density at radius 1 is 1.28 bits per heavy atom. The molecule has 0 amide bonds. The van der Waals surface area contributed by atoms with Gasteiger partial charge in [0.1, 0.15) is 5.82 Å². The van der Waals surface area contributed by atoms with E-state index in [1.807, 2.05) is 34.7 Å². The zero-order valence-corrected chi connectivity index (χ0v) is 13.5. The number of rotatable bonds is 3. The predicted molar refractivity (Wildman–Crippen MR) is 85.3 cm³/mol. The molecule has 1 nitrogen and oxygen atoms in total. The van der Waals surface area contributed by atoms with Crippen LogP contribution >= 0.6 is 38.5 Å². The lowest BCUT2D eigenvalue weighted by molar-refractivity contribution is 0.621. The fraction of sp³-hybridized carbons (Fsp3) is 0.143. The van der Waals surface area contributed by atoms with Crippen LogP contribution in [0.3, 0.4) is 0 Å². The summed E-state index contributed by atoms with van der Waals surface area (Å²) < 4.78 is 15.1. The minimum atomic E-state index is -0.187. The van der Waals surface area contributed by atoms with Crippen molar-refractivity contribution in [1.29, 1.82) is 0 Å². The molecule has 18 heavy (non-hydrogen) atoms. The zero-order chi connectivity index (χ0) is 13.1.